The molecule has 0 amide bonds. The molecule has 3 heteroatoms. The molecule has 0 atom stereocenters. The average molecular weight is 265 g/mol. The van der Waals surface area contributed by atoms with Gasteiger partial charge in [-0.15, -0.1) is 0 Å². The van der Waals surface area contributed by atoms with E-state index >= 15 is 0 Å². The van der Waals surface area contributed by atoms with Gasteiger partial charge in [-0.3, -0.25) is 0 Å². The summed E-state index contributed by atoms with van der Waals surface area (Å²) in [4.78, 5) is 4.47. The van der Waals surface area contributed by atoms with Gasteiger partial charge in [0.25, 0.3) is 0 Å². The maximum atomic E-state index is 4.47. The standard InChI is InChI=1S/C7H9NSe2/c1-9-6-4-3-5-7(8-6)10-2/h3-5H,1-2H3. The van der Waals surface area contributed by atoms with Gasteiger partial charge in [-0.2, -0.15) is 0 Å². The van der Waals surface area contributed by atoms with Crippen molar-refractivity contribution in [2.75, 3.05) is 0 Å². The van der Waals surface area contributed by atoms with Crippen LogP contribution in [-0.4, -0.2) is 34.9 Å². The van der Waals surface area contributed by atoms with E-state index in [0.717, 1.165) is 0 Å². The van der Waals surface area contributed by atoms with Crippen LogP contribution in [0.3, 0.4) is 0 Å². The molecule has 1 heterocycles. The van der Waals surface area contributed by atoms with Crippen molar-refractivity contribution < 1.29 is 0 Å². The van der Waals surface area contributed by atoms with Crippen molar-refractivity contribution >= 4 is 39.1 Å². The van der Waals surface area contributed by atoms with Crippen molar-refractivity contribution in [2.24, 2.45) is 0 Å². The van der Waals surface area contributed by atoms with Crippen LogP contribution in [0.15, 0.2) is 18.2 Å². The Morgan fingerprint density at radius 1 is 1.10 bits per heavy atom. The average Bonchev–Trinajstić information content (AvgIpc) is 2.05. The van der Waals surface area contributed by atoms with Crippen LogP contribution in [0.25, 0.3) is 0 Å². The third-order valence-electron chi connectivity index (χ3n) is 1.12. The first kappa shape index (κ1) is 8.29. The Morgan fingerprint density at radius 2 is 1.60 bits per heavy atom. The van der Waals surface area contributed by atoms with Crippen molar-refractivity contribution in [2.45, 2.75) is 11.6 Å². The van der Waals surface area contributed by atoms with E-state index in [1.54, 1.807) is 0 Å². The van der Waals surface area contributed by atoms with E-state index in [1.165, 1.54) is 9.18 Å². The van der Waals surface area contributed by atoms with Crippen molar-refractivity contribution in [3.8, 4) is 0 Å². The van der Waals surface area contributed by atoms with Crippen LogP contribution in [-0.2, 0) is 0 Å². The van der Waals surface area contributed by atoms with Gasteiger partial charge in [0.15, 0.2) is 0 Å². The molecule has 0 N–H and O–H groups in total. The van der Waals surface area contributed by atoms with Gasteiger partial charge in [0, 0.05) is 0 Å². The summed E-state index contributed by atoms with van der Waals surface area (Å²) < 4.78 is 2.54. The minimum absolute atomic E-state index is 0.557. The number of aromatic nitrogens is 1. The Morgan fingerprint density at radius 3 is 2.00 bits per heavy atom. The summed E-state index contributed by atoms with van der Waals surface area (Å²) in [5.41, 5.74) is 0. The van der Waals surface area contributed by atoms with Crippen molar-refractivity contribution in [3.63, 3.8) is 0 Å². The van der Waals surface area contributed by atoms with Crippen LogP contribution < -0.4 is 9.18 Å². The third kappa shape index (κ3) is 2.10. The number of nitrogens with zero attached hydrogens (tertiary/aromatic N) is 1. The zero-order valence-electron chi connectivity index (χ0n) is 6.00. The van der Waals surface area contributed by atoms with Crippen LogP contribution >= 0.6 is 0 Å². The molecule has 0 saturated carbocycles. The van der Waals surface area contributed by atoms with Gasteiger partial charge < -0.3 is 0 Å². The summed E-state index contributed by atoms with van der Waals surface area (Å²) in [6.07, 6.45) is 0. The Hall–Kier alpha value is 0.189. The maximum absolute atomic E-state index is 4.47. The summed E-state index contributed by atoms with van der Waals surface area (Å²) in [6.45, 7) is 0. The molecule has 0 saturated heterocycles. The van der Waals surface area contributed by atoms with Gasteiger partial charge in [0.2, 0.25) is 0 Å². The molecule has 1 aromatic heterocycles. The van der Waals surface area contributed by atoms with Gasteiger partial charge in [-0.25, -0.2) is 0 Å². The van der Waals surface area contributed by atoms with Gasteiger partial charge in [0.05, 0.1) is 0 Å². The molecule has 0 aliphatic carbocycles. The fraction of sp³-hybridized carbons (Fsp3) is 0.286. The molecule has 1 aromatic rings. The Bertz CT molecular complexity index is 193. The fourth-order valence-electron chi connectivity index (χ4n) is 0.623. The van der Waals surface area contributed by atoms with Crippen LogP contribution in [0.5, 0.6) is 0 Å². The molecule has 0 aliphatic heterocycles. The molecule has 0 aromatic carbocycles. The van der Waals surface area contributed by atoms with E-state index in [0.29, 0.717) is 29.9 Å². The number of hydrogen-bond donors (Lipinski definition) is 0. The molecule has 1 nitrogen and oxygen atoms in total. The van der Waals surface area contributed by atoms with Crippen LogP contribution in [0.2, 0.25) is 11.6 Å². The van der Waals surface area contributed by atoms with Gasteiger partial charge in [-0.1, -0.05) is 0 Å². The summed E-state index contributed by atoms with van der Waals surface area (Å²) in [7, 11) is 0. The molecule has 0 unspecified atom stereocenters. The van der Waals surface area contributed by atoms with Crippen LogP contribution in [0, 0.1) is 0 Å². The van der Waals surface area contributed by atoms with Gasteiger partial charge >= 0.3 is 73.9 Å². The first-order chi connectivity index (χ1) is 4.86. The Labute approximate surface area is 73.9 Å². The second kappa shape index (κ2) is 4.15. The second-order valence-electron chi connectivity index (χ2n) is 1.72. The van der Waals surface area contributed by atoms with Gasteiger partial charge in [0.1, 0.15) is 0 Å². The predicted molar refractivity (Wildman–Crippen MR) is 46.7 cm³/mol. The number of pyridine rings is 1. The number of hydrogen-bond acceptors (Lipinski definition) is 1. The van der Waals surface area contributed by atoms with E-state index < -0.39 is 0 Å². The first-order valence-corrected chi connectivity index (χ1v) is 8.06. The molecule has 1 rings (SSSR count). The van der Waals surface area contributed by atoms with Gasteiger partial charge in [-0.05, 0) is 0 Å². The van der Waals surface area contributed by atoms with E-state index in [9.17, 15) is 0 Å². The molecule has 0 fully saturated rings. The summed E-state index contributed by atoms with van der Waals surface area (Å²) in [5, 5.41) is 0. The van der Waals surface area contributed by atoms with E-state index in [-0.39, 0.29) is 0 Å². The van der Waals surface area contributed by atoms with E-state index in [4.69, 9.17) is 0 Å². The topological polar surface area (TPSA) is 12.9 Å². The molecular weight excluding hydrogens is 256 g/mol. The minimum atomic E-state index is 0.557. The quantitative estimate of drug-likeness (QED) is 0.677. The van der Waals surface area contributed by atoms with Crippen LogP contribution in [0.4, 0.5) is 0 Å². The summed E-state index contributed by atoms with van der Waals surface area (Å²) in [6, 6.07) is 6.32. The third-order valence-corrected chi connectivity index (χ3v) is 3.83. The Kier molecular flexibility index (Phi) is 3.44. The van der Waals surface area contributed by atoms with E-state index in [2.05, 4.69) is 34.8 Å². The molecule has 0 aliphatic rings. The van der Waals surface area contributed by atoms with Crippen molar-refractivity contribution in [1.29, 1.82) is 0 Å². The van der Waals surface area contributed by atoms with Crippen molar-refractivity contribution in [1.82, 2.24) is 4.98 Å². The molecule has 0 spiro atoms. The molecule has 10 heavy (non-hydrogen) atoms. The first-order valence-electron chi connectivity index (χ1n) is 2.92. The molecule has 0 bridgehead atoms. The molecular formula is C7H9NSe2. The zero-order valence-corrected chi connectivity index (χ0v) is 9.42. The molecule has 54 valence electrons. The number of rotatable bonds is 2. The van der Waals surface area contributed by atoms with Crippen LogP contribution in [0.1, 0.15) is 0 Å². The second-order valence-corrected chi connectivity index (χ2v) is 5.19. The fourth-order valence-corrected chi connectivity index (χ4v) is 2.61. The zero-order chi connectivity index (χ0) is 7.40. The van der Waals surface area contributed by atoms with Crippen molar-refractivity contribution in [3.05, 3.63) is 18.2 Å². The Balaban J connectivity index is 2.87. The summed E-state index contributed by atoms with van der Waals surface area (Å²) in [5.74, 6) is 4.39. The SMILES string of the molecule is C[Se]c1cccc([Se]C)n1. The monoisotopic (exact) mass is 267 g/mol. The molecule has 0 radical (unpaired) electrons. The normalized spacial score (nSPS) is 9.80. The van der Waals surface area contributed by atoms with E-state index in [1.807, 2.05) is 0 Å². The summed E-state index contributed by atoms with van der Waals surface area (Å²) >= 11 is 1.11. The predicted octanol–water partition coefficient (Wildman–Crippen LogP) is -0.163.